The van der Waals surface area contributed by atoms with Crippen LogP contribution in [0.15, 0.2) is 138 Å². The van der Waals surface area contributed by atoms with Crippen LogP contribution in [0.5, 0.6) is 0 Å². The molecule has 2 aliphatic heterocycles. The summed E-state index contributed by atoms with van der Waals surface area (Å²) in [5, 5.41) is 4.92. The quantitative estimate of drug-likeness (QED) is 0.165. The Kier molecular flexibility index (Phi) is 8.34. The normalized spacial score (nSPS) is 13.4. The minimum atomic E-state index is -0.118. The van der Waals surface area contributed by atoms with Crippen LogP contribution in [0.4, 0.5) is 17.1 Å². The summed E-state index contributed by atoms with van der Waals surface area (Å²) in [6.45, 7) is 25.1. The molecule has 0 aliphatic carbocycles. The van der Waals surface area contributed by atoms with E-state index in [9.17, 15) is 0 Å². The fourth-order valence-electron chi connectivity index (χ4n) is 11.6. The van der Waals surface area contributed by atoms with Gasteiger partial charge in [-0.3, -0.25) is 0 Å². The van der Waals surface area contributed by atoms with Crippen LogP contribution in [0, 0.1) is 34.6 Å². The number of hydrogen-bond donors (Lipinski definition) is 0. The average Bonchev–Trinajstić information content (AvgIpc) is 3.79. The van der Waals surface area contributed by atoms with E-state index in [0.717, 1.165) is 27.6 Å². The van der Waals surface area contributed by atoms with Crippen molar-refractivity contribution in [2.24, 2.45) is 0 Å². The molecule has 2 aliphatic rings. The number of nitrogens with zero attached hydrogens (tertiary/aromatic N) is 2. The maximum absolute atomic E-state index is 7.20. The molecule has 0 unspecified atom stereocenters. The predicted molar refractivity (Wildman–Crippen MR) is 279 cm³/mol. The van der Waals surface area contributed by atoms with E-state index in [2.05, 4.69) is 219 Å². The van der Waals surface area contributed by atoms with Crippen molar-refractivity contribution in [3.8, 4) is 33.4 Å². The van der Waals surface area contributed by atoms with E-state index in [1.165, 1.54) is 116 Å². The number of rotatable bonds is 3. The lowest BCUT2D eigenvalue weighted by Crippen LogP contribution is -2.56. The molecule has 4 heterocycles. The van der Waals surface area contributed by atoms with Gasteiger partial charge >= 0.3 is 6.85 Å². The molecule has 0 bridgehead atoms. The van der Waals surface area contributed by atoms with Crippen LogP contribution in [-0.4, -0.2) is 11.3 Å². The maximum Gasteiger partial charge on any atom is 0.333 e. The first-order chi connectivity index (χ1) is 31.1. The number of hydrogen-bond acceptors (Lipinski definition) is 2. The predicted octanol–water partition coefficient (Wildman–Crippen LogP) is 15.6. The van der Waals surface area contributed by atoms with Crippen LogP contribution in [0.2, 0.25) is 0 Å². The fourth-order valence-corrected chi connectivity index (χ4v) is 11.6. The zero-order valence-corrected chi connectivity index (χ0v) is 39.6. The van der Waals surface area contributed by atoms with Crippen molar-refractivity contribution in [3.63, 3.8) is 0 Å². The van der Waals surface area contributed by atoms with Crippen LogP contribution in [0.25, 0.3) is 77.1 Å². The standard InChI is InChI=1S/C61H55BN2O/c1-34-21-26-53-45(27-34)47-33-52-57-56(59(47)65-53)48-32-42(61(9,10)11)31-46-44-30-41(60(6,7)8)23-25-50(44)64(58(46)48)62(57)49-24-22-40(55-37(4)17-13-18-38(55)5)29-51(49)63(52)43-20-14-19-39(28-43)54-35(2)15-12-16-36(54)3/h12-33H,1-11H3. The van der Waals surface area contributed by atoms with Crippen LogP contribution in [0.1, 0.15) is 80.5 Å². The molecule has 3 nitrogen and oxygen atoms in total. The van der Waals surface area contributed by atoms with Crippen molar-refractivity contribution in [1.82, 2.24) is 4.48 Å². The Bertz CT molecular complexity index is 3660. The van der Waals surface area contributed by atoms with Crippen LogP contribution >= 0.6 is 0 Å². The molecule has 8 aromatic carbocycles. The Labute approximate surface area is 383 Å². The first kappa shape index (κ1) is 39.8. The molecule has 4 heteroatoms. The van der Waals surface area contributed by atoms with Gasteiger partial charge < -0.3 is 13.8 Å². The molecule has 0 amide bonds. The third-order valence-electron chi connectivity index (χ3n) is 14.8. The molecular formula is C61H55BN2O. The molecule has 0 radical (unpaired) electrons. The van der Waals surface area contributed by atoms with Gasteiger partial charge in [-0.25, -0.2) is 0 Å². The van der Waals surface area contributed by atoms with Crippen molar-refractivity contribution in [1.29, 1.82) is 0 Å². The summed E-state index contributed by atoms with van der Waals surface area (Å²) >= 11 is 0. The second-order valence-electron chi connectivity index (χ2n) is 21.3. The first-order valence-corrected chi connectivity index (χ1v) is 23.4. The highest BCUT2D eigenvalue weighted by Crippen LogP contribution is 2.51. The van der Waals surface area contributed by atoms with E-state index < -0.39 is 0 Å². The lowest BCUT2D eigenvalue weighted by Gasteiger charge is -2.41. The third kappa shape index (κ3) is 5.75. The van der Waals surface area contributed by atoms with Crippen molar-refractivity contribution in [3.05, 3.63) is 172 Å². The lowest BCUT2D eigenvalue weighted by atomic mass is 9.45. The monoisotopic (exact) mass is 842 g/mol. The topological polar surface area (TPSA) is 21.3 Å². The minimum Gasteiger partial charge on any atom is -0.455 e. The number of aryl methyl sites for hydroxylation is 5. The highest BCUT2D eigenvalue weighted by atomic mass is 16.3. The molecule has 2 aromatic heterocycles. The van der Waals surface area contributed by atoms with Gasteiger partial charge in [0.05, 0.1) is 0 Å². The van der Waals surface area contributed by atoms with Crippen molar-refractivity contribution < 1.29 is 4.42 Å². The third-order valence-corrected chi connectivity index (χ3v) is 14.8. The van der Waals surface area contributed by atoms with E-state index in [1.54, 1.807) is 0 Å². The molecular weight excluding hydrogens is 787 g/mol. The Balaban J connectivity index is 1.28. The highest BCUT2D eigenvalue weighted by molar-refractivity contribution is 6.90. The Morgan fingerprint density at radius 3 is 1.82 bits per heavy atom. The van der Waals surface area contributed by atoms with Gasteiger partial charge in [-0.05, 0) is 173 Å². The summed E-state index contributed by atoms with van der Waals surface area (Å²) in [6.07, 6.45) is 0. The van der Waals surface area contributed by atoms with Gasteiger partial charge in [0.15, 0.2) is 0 Å². The van der Waals surface area contributed by atoms with Gasteiger partial charge in [-0.2, -0.15) is 0 Å². The number of fused-ring (bicyclic) bond motifs is 11. The summed E-state index contributed by atoms with van der Waals surface area (Å²) in [5.41, 5.74) is 26.9. The van der Waals surface area contributed by atoms with Gasteiger partial charge in [-0.15, -0.1) is 0 Å². The molecule has 0 saturated carbocycles. The Morgan fingerprint density at radius 2 is 1.14 bits per heavy atom. The van der Waals surface area contributed by atoms with E-state index in [1.807, 2.05) is 0 Å². The second-order valence-corrected chi connectivity index (χ2v) is 21.3. The van der Waals surface area contributed by atoms with E-state index >= 15 is 0 Å². The Hall–Kier alpha value is -6.78. The summed E-state index contributed by atoms with van der Waals surface area (Å²) in [4.78, 5) is 2.59. The van der Waals surface area contributed by atoms with E-state index in [4.69, 9.17) is 4.42 Å². The Morgan fingerprint density at radius 1 is 0.492 bits per heavy atom. The number of aromatic nitrogens is 1. The van der Waals surface area contributed by atoms with Crippen molar-refractivity contribution in [2.45, 2.75) is 87.0 Å². The molecule has 318 valence electrons. The molecule has 0 atom stereocenters. The van der Waals surface area contributed by atoms with Gasteiger partial charge in [0.2, 0.25) is 0 Å². The first-order valence-electron chi connectivity index (χ1n) is 23.4. The SMILES string of the molecule is Cc1ccc2oc3c4c5c(cc3c2c1)N(c1cccc(-c2c(C)cccc2C)c1)c1cc(-c2c(C)cccc2C)ccc1B5n1c2ccc(C(C)(C)C)cc2c2cc(C(C)(C)C)cc-4c21. The molecule has 0 saturated heterocycles. The van der Waals surface area contributed by atoms with Crippen LogP contribution in [0.3, 0.4) is 0 Å². The lowest BCUT2D eigenvalue weighted by molar-refractivity contribution is 0.590. The van der Waals surface area contributed by atoms with Gasteiger partial charge in [-0.1, -0.05) is 120 Å². The minimum absolute atomic E-state index is 0.00459. The van der Waals surface area contributed by atoms with E-state index in [0.29, 0.717) is 0 Å². The van der Waals surface area contributed by atoms with Gasteiger partial charge in [0.25, 0.3) is 0 Å². The van der Waals surface area contributed by atoms with Crippen molar-refractivity contribution in [2.75, 3.05) is 4.90 Å². The summed E-state index contributed by atoms with van der Waals surface area (Å²) in [7, 11) is 0. The number of furan rings is 1. The molecule has 10 aromatic rings. The van der Waals surface area contributed by atoms with Crippen molar-refractivity contribution >= 4 is 78.6 Å². The van der Waals surface area contributed by atoms with Crippen LogP contribution in [-0.2, 0) is 10.8 Å². The number of anilines is 3. The maximum atomic E-state index is 7.20. The molecule has 0 fully saturated rings. The van der Waals surface area contributed by atoms with E-state index in [-0.39, 0.29) is 17.7 Å². The summed E-state index contributed by atoms with van der Waals surface area (Å²) in [5.74, 6) is 0. The fraction of sp³-hybridized carbons (Fsp3) is 0.213. The highest BCUT2D eigenvalue weighted by Gasteiger charge is 2.45. The molecule has 12 rings (SSSR count). The summed E-state index contributed by atoms with van der Waals surface area (Å²) < 4.78 is 9.89. The van der Waals surface area contributed by atoms with Crippen LogP contribution < -0.4 is 15.8 Å². The average molecular weight is 843 g/mol. The van der Waals surface area contributed by atoms with Gasteiger partial charge in [0, 0.05) is 60.8 Å². The zero-order chi connectivity index (χ0) is 45.0. The second kappa shape index (κ2) is 13.6. The van der Waals surface area contributed by atoms with Gasteiger partial charge in [0.1, 0.15) is 11.2 Å². The molecule has 0 N–H and O–H groups in total. The number of benzene rings is 8. The molecule has 0 spiro atoms. The molecule has 65 heavy (non-hydrogen) atoms. The largest absolute Gasteiger partial charge is 0.455 e. The smallest absolute Gasteiger partial charge is 0.333 e. The zero-order valence-electron chi connectivity index (χ0n) is 39.6. The summed E-state index contributed by atoms with van der Waals surface area (Å²) in [6, 6.07) is 51.3.